The Labute approximate surface area is 169 Å². The molecule has 0 spiro atoms. The number of rotatable bonds is 7. The fourth-order valence-corrected chi connectivity index (χ4v) is 5.50. The van der Waals surface area contributed by atoms with Gasteiger partial charge in [-0.1, -0.05) is 20.3 Å². The molecule has 0 bridgehead atoms. The van der Waals surface area contributed by atoms with E-state index in [2.05, 4.69) is 47.7 Å². The van der Waals surface area contributed by atoms with E-state index in [4.69, 9.17) is 0 Å². The molecule has 0 aliphatic carbocycles. The number of hydrogen-bond donors (Lipinski definition) is 1. The standard InChI is InChI=1S/C23H46N4/c1-20(2)24-21-8-15-25(16-9-21)19-12-23(3,4)27-17-10-22(11-18-27)26-13-6-5-7-14-26/h20-22,24H,5-19H2,1-4H3. The summed E-state index contributed by atoms with van der Waals surface area (Å²) in [7, 11) is 0. The fraction of sp³-hybridized carbons (Fsp3) is 1.00. The van der Waals surface area contributed by atoms with Crippen molar-refractivity contribution >= 4 is 0 Å². The molecule has 158 valence electrons. The van der Waals surface area contributed by atoms with Crippen LogP contribution in [0.1, 0.15) is 79.1 Å². The van der Waals surface area contributed by atoms with E-state index >= 15 is 0 Å². The summed E-state index contributed by atoms with van der Waals surface area (Å²) >= 11 is 0. The molecule has 3 fully saturated rings. The highest BCUT2D eigenvalue weighted by Gasteiger charge is 2.33. The highest BCUT2D eigenvalue weighted by Crippen LogP contribution is 2.28. The van der Waals surface area contributed by atoms with Crippen LogP contribution in [0.15, 0.2) is 0 Å². The lowest BCUT2D eigenvalue weighted by molar-refractivity contribution is 0.0310. The van der Waals surface area contributed by atoms with Crippen molar-refractivity contribution in [1.82, 2.24) is 20.0 Å². The van der Waals surface area contributed by atoms with E-state index in [0.29, 0.717) is 11.6 Å². The maximum atomic E-state index is 3.72. The summed E-state index contributed by atoms with van der Waals surface area (Å²) in [5.41, 5.74) is 0.347. The van der Waals surface area contributed by atoms with E-state index in [0.717, 1.165) is 12.1 Å². The van der Waals surface area contributed by atoms with Crippen LogP contribution in [0.4, 0.5) is 0 Å². The molecule has 3 saturated heterocycles. The summed E-state index contributed by atoms with van der Waals surface area (Å²) in [5, 5.41) is 3.72. The summed E-state index contributed by atoms with van der Waals surface area (Å²) < 4.78 is 0. The molecule has 3 rings (SSSR count). The van der Waals surface area contributed by atoms with E-state index < -0.39 is 0 Å². The zero-order valence-electron chi connectivity index (χ0n) is 18.7. The Balaban J connectivity index is 1.36. The van der Waals surface area contributed by atoms with Crippen LogP contribution in [-0.2, 0) is 0 Å². The second-order valence-electron chi connectivity index (χ2n) is 10.3. The van der Waals surface area contributed by atoms with E-state index in [1.807, 2.05) is 0 Å². The Morgan fingerprint density at radius 3 is 2.07 bits per heavy atom. The summed E-state index contributed by atoms with van der Waals surface area (Å²) in [6, 6.07) is 2.22. The Hall–Kier alpha value is -0.160. The van der Waals surface area contributed by atoms with Gasteiger partial charge >= 0.3 is 0 Å². The number of hydrogen-bond acceptors (Lipinski definition) is 4. The number of likely N-dealkylation sites (tertiary alicyclic amines) is 3. The first-order chi connectivity index (χ1) is 12.9. The van der Waals surface area contributed by atoms with E-state index in [-0.39, 0.29) is 0 Å². The number of piperidine rings is 3. The Kier molecular flexibility index (Phi) is 8.02. The summed E-state index contributed by atoms with van der Waals surface area (Å²) in [4.78, 5) is 8.30. The summed E-state index contributed by atoms with van der Waals surface area (Å²) in [6.07, 6.45) is 11.0. The SMILES string of the molecule is CC(C)NC1CCN(CCC(C)(C)N2CCC(N3CCCCC3)CC2)CC1. The van der Waals surface area contributed by atoms with Gasteiger partial charge in [0.25, 0.3) is 0 Å². The molecule has 4 nitrogen and oxygen atoms in total. The van der Waals surface area contributed by atoms with Crippen LogP contribution in [0.3, 0.4) is 0 Å². The van der Waals surface area contributed by atoms with Crippen molar-refractivity contribution in [2.24, 2.45) is 0 Å². The van der Waals surface area contributed by atoms with Gasteiger partial charge < -0.3 is 15.1 Å². The van der Waals surface area contributed by atoms with Crippen molar-refractivity contribution < 1.29 is 0 Å². The first kappa shape index (κ1) is 21.5. The van der Waals surface area contributed by atoms with E-state index in [1.165, 1.54) is 97.2 Å². The normalized spacial score (nSPS) is 26.1. The molecule has 3 aliphatic rings. The molecule has 0 aromatic heterocycles. The Morgan fingerprint density at radius 2 is 1.48 bits per heavy atom. The first-order valence-electron chi connectivity index (χ1n) is 11.9. The third-order valence-corrected chi connectivity index (χ3v) is 7.42. The molecular weight excluding hydrogens is 332 g/mol. The smallest absolute Gasteiger partial charge is 0.0165 e. The zero-order chi connectivity index (χ0) is 19.3. The Morgan fingerprint density at radius 1 is 0.852 bits per heavy atom. The lowest BCUT2D eigenvalue weighted by Gasteiger charge is -2.47. The minimum Gasteiger partial charge on any atom is -0.312 e. The molecule has 0 radical (unpaired) electrons. The molecule has 0 aromatic carbocycles. The number of nitrogens with one attached hydrogen (secondary N) is 1. The van der Waals surface area contributed by atoms with Crippen molar-refractivity contribution in [1.29, 1.82) is 0 Å². The predicted molar refractivity (Wildman–Crippen MR) is 116 cm³/mol. The molecule has 3 aliphatic heterocycles. The highest BCUT2D eigenvalue weighted by atomic mass is 15.2. The third-order valence-electron chi connectivity index (χ3n) is 7.42. The van der Waals surface area contributed by atoms with Gasteiger partial charge in [0.1, 0.15) is 0 Å². The van der Waals surface area contributed by atoms with E-state index in [9.17, 15) is 0 Å². The monoisotopic (exact) mass is 378 g/mol. The number of nitrogens with zero attached hydrogens (tertiary/aromatic N) is 3. The second kappa shape index (κ2) is 10.0. The lowest BCUT2D eigenvalue weighted by Crippen LogP contribution is -2.54. The predicted octanol–water partition coefficient (Wildman–Crippen LogP) is 3.57. The Bertz CT molecular complexity index is 414. The van der Waals surface area contributed by atoms with Crippen molar-refractivity contribution in [2.45, 2.75) is 103 Å². The van der Waals surface area contributed by atoms with Crippen LogP contribution < -0.4 is 5.32 Å². The molecule has 0 saturated carbocycles. The fourth-order valence-electron chi connectivity index (χ4n) is 5.50. The highest BCUT2D eigenvalue weighted by molar-refractivity contribution is 4.90. The molecule has 27 heavy (non-hydrogen) atoms. The zero-order valence-corrected chi connectivity index (χ0v) is 18.7. The van der Waals surface area contributed by atoms with Gasteiger partial charge in [0.15, 0.2) is 0 Å². The van der Waals surface area contributed by atoms with Crippen LogP contribution in [0.2, 0.25) is 0 Å². The third kappa shape index (κ3) is 6.42. The summed E-state index contributed by atoms with van der Waals surface area (Å²) in [5.74, 6) is 0. The van der Waals surface area contributed by atoms with Crippen LogP contribution in [0.5, 0.6) is 0 Å². The average Bonchev–Trinajstić information content (AvgIpc) is 2.68. The topological polar surface area (TPSA) is 21.8 Å². The average molecular weight is 379 g/mol. The molecule has 0 aromatic rings. The van der Waals surface area contributed by atoms with Gasteiger partial charge in [-0.3, -0.25) is 4.90 Å². The van der Waals surface area contributed by atoms with Crippen molar-refractivity contribution in [3.8, 4) is 0 Å². The van der Waals surface area contributed by atoms with Crippen LogP contribution in [-0.4, -0.2) is 84.2 Å². The molecule has 4 heteroatoms. The summed E-state index contributed by atoms with van der Waals surface area (Å²) in [6.45, 7) is 18.6. The molecule has 0 atom stereocenters. The van der Waals surface area contributed by atoms with E-state index in [1.54, 1.807) is 0 Å². The van der Waals surface area contributed by atoms with Gasteiger partial charge in [-0.15, -0.1) is 0 Å². The van der Waals surface area contributed by atoms with Crippen molar-refractivity contribution in [3.05, 3.63) is 0 Å². The van der Waals surface area contributed by atoms with Crippen LogP contribution in [0, 0.1) is 0 Å². The molecule has 0 amide bonds. The lowest BCUT2D eigenvalue weighted by atomic mass is 9.91. The minimum atomic E-state index is 0.347. The minimum absolute atomic E-state index is 0.347. The van der Waals surface area contributed by atoms with Gasteiger partial charge in [-0.2, -0.15) is 0 Å². The van der Waals surface area contributed by atoms with Gasteiger partial charge in [0.2, 0.25) is 0 Å². The van der Waals surface area contributed by atoms with Crippen LogP contribution >= 0.6 is 0 Å². The molecule has 3 heterocycles. The maximum Gasteiger partial charge on any atom is 0.0165 e. The van der Waals surface area contributed by atoms with Gasteiger partial charge in [0.05, 0.1) is 0 Å². The van der Waals surface area contributed by atoms with Gasteiger partial charge in [-0.05, 0) is 91.5 Å². The van der Waals surface area contributed by atoms with Gasteiger partial charge in [-0.25, -0.2) is 0 Å². The van der Waals surface area contributed by atoms with Crippen molar-refractivity contribution in [3.63, 3.8) is 0 Å². The van der Waals surface area contributed by atoms with Crippen molar-refractivity contribution in [2.75, 3.05) is 45.8 Å². The van der Waals surface area contributed by atoms with Crippen LogP contribution in [0.25, 0.3) is 0 Å². The second-order valence-corrected chi connectivity index (χ2v) is 10.3. The molecular formula is C23H46N4. The molecule has 1 N–H and O–H groups in total. The van der Waals surface area contributed by atoms with Gasteiger partial charge in [0, 0.05) is 36.8 Å². The largest absolute Gasteiger partial charge is 0.312 e. The molecule has 0 unspecified atom stereocenters. The maximum absolute atomic E-state index is 3.72. The first-order valence-corrected chi connectivity index (χ1v) is 11.9. The quantitative estimate of drug-likeness (QED) is 0.731.